The predicted molar refractivity (Wildman–Crippen MR) is 70.5 cm³/mol. The Morgan fingerprint density at radius 1 is 1.75 bits per heavy atom. The van der Waals surface area contributed by atoms with Crippen LogP contribution in [0.15, 0.2) is 6.20 Å². The molecule has 1 aliphatic rings. The number of hydrogen-bond donors (Lipinski definition) is 1. The standard InChI is InChI=1S/C12H18N4O4/c1-3-15-11(9(7-13-15)16(18)19)12(17)14-8(2)10-5-4-6-20-10/h7-8,10H,3-6H2,1-2H3,(H,14,17)/t8-,10-/m0/s1. The summed E-state index contributed by atoms with van der Waals surface area (Å²) in [4.78, 5) is 22.6. The van der Waals surface area contributed by atoms with Crippen molar-refractivity contribution in [1.82, 2.24) is 15.1 Å². The fourth-order valence-corrected chi connectivity index (χ4v) is 2.35. The molecule has 1 fully saturated rings. The fourth-order valence-electron chi connectivity index (χ4n) is 2.35. The van der Waals surface area contributed by atoms with Crippen LogP contribution in [0.1, 0.15) is 37.2 Å². The summed E-state index contributed by atoms with van der Waals surface area (Å²) in [6.07, 6.45) is 2.93. The second-order valence-electron chi connectivity index (χ2n) is 4.76. The molecule has 2 atom stereocenters. The summed E-state index contributed by atoms with van der Waals surface area (Å²) in [7, 11) is 0. The highest BCUT2D eigenvalue weighted by molar-refractivity contribution is 5.96. The molecule has 0 aromatic carbocycles. The minimum absolute atomic E-state index is 0.0117. The zero-order chi connectivity index (χ0) is 14.7. The fraction of sp³-hybridized carbons (Fsp3) is 0.667. The van der Waals surface area contributed by atoms with Gasteiger partial charge in [0.05, 0.1) is 17.1 Å². The molecular weight excluding hydrogens is 264 g/mol. The second-order valence-corrected chi connectivity index (χ2v) is 4.76. The molecule has 1 aliphatic heterocycles. The Morgan fingerprint density at radius 3 is 3.05 bits per heavy atom. The third-order valence-electron chi connectivity index (χ3n) is 3.41. The lowest BCUT2D eigenvalue weighted by molar-refractivity contribution is -0.385. The number of aryl methyl sites for hydroxylation is 1. The van der Waals surface area contributed by atoms with E-state index in [0.717, 1.165) is 19.0 Å². The number of nitrogens with one attached hydrogen (secondary N) is 1. The zero-order valence-electron chi connectivity index (χ0n) is 11.5. The van der Waals surface area contributed by atoms with E-state index in [0.29, 0.717) is 13.2 Å². The molecule has 0 bridgehead atoms. The number of hydrogen-bond acceptors (Lipinski definition) is 5. The maximum Gasteiger partial charge on any atom is 0.320 e. The highest BCUT2D eigenvalue weighted by Crippen LogP contribution is 2.19. The van der Waals surface area contributed by atoms with Crippen molar-refractivity contribution in [3.8, 4) is 0 Å². The number of carbonyl (C=O) groups is 1. The lowest BCUT2D eigenvalue weighted by atomic mass is 10.1. The first-order chi connectivity index (χ1) is 9.54. The van der Waals surface area contributed by atoms with Crippen LogP contribution in [0, 0.1) is 10.1 Å². The third kappa shape index (κ3) is 2.79. The van der Waals surface area contributed by atoms with Crippen LogP contribution >= 0.6 is 0 Å². The summed E-state index contributed by atoms with van der Waals surface area (Å²) < 4.78 is 6.83. The SMILES string of the molecule is CCn1ncc([N+](=O)[O-])c1C(=O)N[C@@H](C)[C@@H]1CCCO1. The molecule has 0 aliphatic carbocycles. The van der Waals surface area contributed by atoms with Crippen molar-refractivity contribution in [2.45, 2.75) is 45.4 Å². The molecule has 0 radical (unpaired) electrons. The molecule has 1 N–H and O–H groups in total. The molecule has 8 heteroatoms. The molecule has 110 valence electrons. The van der Waals surface area contributed by atoms with Crippen molar-refractivity contribution in [2.75, 3.05) is 6.61 Å². The van der Waals surface area contributed by atoms with Gasteiger partial charge in [0.2, 0.25) is 5.69 Å². The van der Waals surface area contributed by atoms with Gasteiger partial charge in [-0.3, -0.25) is 19.6 Å². The van der Waals surface area contributed by atoms with E-state index < -0.39 is 10.8 Å². The van der Waals surface area contributed by atoms with Gasteiger partial charge in [-0.15, -0.1) is 0 Å². The topological polar surface area (TPSA) is 99.3 Å². The first-order valence-corrected chi connectivity index (χ1v) is 6.67. The number of carbonyl (C=O) groups excluding carboxylic acids is 1. The molecule has 1 aromatic rings. The molecule has 0 unspecified atom stereocenters. The smallest absolute Gasteiger partial charge is 0.320 e. The van der Waals surface area contributed by atoms with Gasteiger partial charge in [-0.1, -0.05) is 0 Å². The Morgan fingerprint density at radius 2 is 2.50 bits per heavy atom. The number of ether oxygens (including phenoxy) is 1. The second kappa shape index (κ2) is 6.00. The Hall–Kier alpha value is -1.96. The van der Waals surface area contributed by atoms with E-state index in [-0.39, 0.29) is 23.5 Å². The van der Waals surface area contributed by atoms with Crippen LogP contribution in [0.3, 0.4) is 0 Å². The van der Waals surface area contributed by atoms with E-state index in [4.69, 9.17) is 4.74 Å². The van der Waals surface area contributed by atoms with Crippen LogP contribution in [0.5, 0.6) is 0 Å². The van der Waals surface area contributed by atoms with Gasteiger partial charge < -0.3 is 10.1 Å². The van der Waals surface area contributed by atoms with E-state index in [1.54, 1.807) is 6.92 Å². The highest BCUT2D eigenvalue weighted by Gasteiger charge is 2.30. The maximum atomic E-state index is 12.2. The lowest BCUT2D eigenvalue weighted by Gasteiger charge is -2.19. The summed E-state index contributed by atoms with van der Waals surface area (Å²) >= 11 is 0. The number of amides is 1. The quantitative estimate of drug-likeness (QED) is 0.644. The van der Waals surface area contributed by atoms with Gasteiger partial charge in [0.25, 0.3) is 5.91 Å². The Balaban J connectivity index is 2.15. The minimum atomic E-state index is -0.592. The normalized spacial score (nSPS) is 19.8. The lowest BCUT2D eigenvalue weighted by Crippen LogP contribution is -2.41. The average Bonchev–Trinajstić information content (AvgIpc) is 3.07. The van der Waals surface area contributed by atoms with Crippen molar-refractivity contribution in [3.05, 3.63) is 22.0 Å². The predicted octanol–water partition coefficient (Wildman–Crippen LogP) is 1.11. The van der Waals surface area contributed by atoms with E-state index in [9.17, 15) is 14.9 Å². The number of nitro groups is 1. The third-order valence-corrected chi connectivity index (χ3v) is 3.41. The summed E-state index contributed by atoms with van der Waals surface area (Å²) in [6, 6.07) is -0.190. The monoisotopic (exact) mass is 282 g/mol. The molecule has 1 aromatic heterocycles. The van der Waals surface area contributed by atoms with Gasteiger partial charge in [-0.2, -0.15) is 5.10 Å². The van der Waals surface area contributed by atoms with E-state index >= 15 is 0 Å². The summed E-state index contributed by atoms with van der Waals surface area (Å²) in [5, 5.41) is 17.6. The molecule has 8 nitrogen and oxygen atoms in total. The number of aromatic nitrogens is 2. The first kappa shape index (κ1) is 14.4. The number of rotatable bonds is 5. The van der Waals surface area contributed by atoms with Gasteiger partial charge in [0.1, 0.15) is 6.20 Å². The Labute approximate surface area is 116 Å². The van der Waals surface area contributed by atoms with Crippen LogP contribution < -0.4 is 5.32 Å². The van der Waals surface area contributed by atoms with Crippen molar-refractivity contribution in [2.24, 2.45) is 0 Å². The summed E-state index contributed by atoms with van der Waals surface area (Å²) in [5.74, 6) is -0.487. The van der Waals surface area contributed by atoms with Gasteiger partial charge in [-0.25, -0.2) is 0 Å². The van der Waals surface area contributed by atoms with Gasteiger partial charge >= 0.3 is 5.69 Å². The van der Waals surface area contributed by atoms with E-state index in [2.05, 4.69) is 10.4 Å². The van der Waals surface area contributed by atoms with Crippen LogP contribution in [0.4, 0.5) is 5.69 Å². The maximum absolute atomic E-state index is 12.2. The molecule has 20 heavy (non-hydrogen) atoms. The number of nitrogens with zero attached hydrogens (tertiary/aromatic N) is 3. The Kier molecular flexibility index (Phi) is 4.33. The van der Waals surface area contributed by atoms with Crippen molar-refractivity contribution in [1.29, 1.82) is 0 Å². The van der Waals surface area contributed by atoms with Crippen LogP contribution in [-0.4, -0.2) is 39.4 Å². The minimum Gasteiger partial charge on any atom is -0.376 e. The molecule has 1 amide bonds. The molecule has 0 spiro atoms. The van der Waals surface area contributed by atoms with Crippen molar-refractivity contribution < 1.29 is 14.5 Å². The van der Waals surface area contributed by atoms with Gasteiger partial charge in [0.15, 0.2) is 0 Å². The summed E-state index contributed by atoms with van der Waals surface area (Å²) in [6.45, 7) is 4.70. The summed E-state index contributed by atoms with van der Waals surface area (Å²) in [5.41, 5.74) is -0.286. The molecule has 2 heterocycles. The first-order valence-electron chi connectivity index (χ1n) is 6.67. The van der Waals surface area contributed by atoms with Crippen molar-refractivity contribution >= 4 is 11.6 Å². The van der Waals surface area contributed by atoms with Crippen LogP contribution in [-0.2, 0) is 11.3 Å². The largest absolute Gasteiger partial charge is 0.376 e. The molecule has 1 saturated heterocycles. The molecule has 0 saturated carbocycles. The van der Waals surface area contributed by atoms with E-state index in [1.165, 1.54) is 4.68 Å². The van der Waals surface area contributed by atoms with E-state index in [1.807, 2.05) is 6.92 Å². The van der Waals surface area contributed by atoms with Gasteiger partial charge in [0, 0.05) is 13.2 Å². The molecular formula is C12H18N4O4. The average molecular weight is 282 g/mol. The Bertz CT molecular complexity index is 508. The van der Waals surface area contributed by atoms with Gasteiger partial charge in [-0.05, 0) is 26.7 Å². The molecule has 2 rings (SSSR count). The van der Waals surface area contributed by atoms with Crippen LogP contribution in [0.25, 0.3) is 0 Å². The van der Waals surface area contributed by atoms with Crippen molar-refractivity contribution in [3.63, 3.8) is 0 Å². The highest BCUT2D eigenvalue weighted by atomic mass is 16.6. The van der Waals surface area contributed by atoms with Crippen LogP contribution in [0.2, 0.25) is 0 Å². The zero-order valence-corrected chi connectivity index (χ0v) is 11.5.